The van der Waals surface area contributed by atoms with Gasteiger partial charge in [0.25, 0.3) is 0 Å². The largest absolute Gasteiger partial charge is 0.368 e. The van der Waals surface area contributed by atoms with Crippen molar-refractivity contribution in [1.29, 1.82) is 0 Å². The van der Waals surface area contributed by atoms with Crippen molar-refractivity contribution in [1.82, 2.24) is 4.90 Å². The normalized spacial score (nSPS) is 18.5. The fraction of sp³-hybridized carbons (Fsp3) is 0.250. The molecule has 0 unspecified atom stereocenters. The fourth-order valence-corrected chi connectivity index (χ4v) is 2.53. The van der Waals surface area contributed by atoms with Crippen LogP contribution in [-0.2, 0) is 0 Å². The Balaban J connectivity index is 2.16. The van der Waals surface area contributed by atoms with Crippen molar-refractivity contribution in [2.24, 2.45) is 0 Å². The minimum absolute atomic E-state index is 0.0897. The highest BCUT2D eigenvalue weighted by molar-refractivity contribution is 8.03. The second-order valence-corrected chi connectivity index (χ2v) is 4.60. The van der Waals surface area contributed by atoms with Gasteiger partial charge in [-0.2, -0.15) is 0 Å². The quantitative estimate of drug-likeness (QED) is 0.562. The van der Waals surface area contributed by atoms with Crippen LogP contribution in [-0.4, -0.2) is 30.0 Å². The Morgan fingerprint density at radius 2 is 2.13 bits per heavy atom. The maximum Gasteiger partial charge on any atom is 0.188 e. The predicted molar refractivity (Wildman–Crippen MR) is 63.9 cm³/mol. The van der Waals surface area contributed by atoms with Gasteiger partial charge in [0.05, 0.1) is 5.03 Å². The third-order valence-electron chi connectivity index (χ3n) is 2.37. The molecule has 0 radical (unpaired) electrons. The van der Waals surface area contributed by atoms with Crippen molar-refractivity contribution in [2.45, 2.75) is 0 Å². The molecule has 1 aliphatic rings. The van der Waals surface area contributed by atoms with Gasteiger partial charge in [0.2, 0.25) is 0 Å². The Hall–Kier alpha value is -1.22. The third kappa shape index (κ3) is 2.42. The molecule has 3 heteroatoms. The number of carbonyl (C=O) groups excluding carboxylic acids is 1. The molecule has 2 rings (SSSR count). The molecule has 78 valence electrons. The topological polar surface area (TPSA) is 20.3 Å². The summed E-state index contributed by atoms with van der Waals surface area (Å²) in [5, 5.41) is 1.07. The minimum atomic E-state index is 0.0897. The number of rotatable bonds is 2. The van der Waals surface area contributed by atoms with Gasteiger partial charge in [-0.3, -0.25) is 4.79 Å². The highest BCUT2D eigenvalue weighted by atomic mass is 32.2. The molecular formula is C12H13NOS. The lowest BCUT2D eigenvalue weighted by Gasteiger charge is -2.10. The van der Waals surface area contributed by atoms with Crippen LogP contribution >= 0.6 is 11.8 Å². The smallest absolute Gasteiger partial charge is 0.188 e. The van der Waals surface area contributed by atoms with E-state index in [1.807, 2.05) is 37.4 Å². The lowest BCUT2D eigenvalue weighted by Crippen LogP contribution is -2.11. The number of benzene rings is 1. The molecule has 0 aromatic heterocycles. The van der Waals surface area contributed by atoms with E-state index in [0.717, 1.165) is 22.9 Å². The molecule has 1 aromatic rings. The van der Waals surface area contributed by atoms with E-state index < -0.39 is 0 Å². The molecule has 1 aromatic carbocycles. The number of ketones is 1. The van der Waals surface area contributed by atoms with E-state index in [0.29, 0.717) is 0 Å². The molecule has 0 saturated carbocycles. The van der Waals surface area contributed by atoms with Gasteiger partial charge in [-0.05, 0) is 0 Å². The highest BCUT2D eigenvalue weighted by Gasteiger charge is 2.14. The van der Waals surface area contributed by atoms with E-state index in [4.69, 9.17) is 0 Å². The zero-order chi connectivity index (χ0) is 10.7. The highest BCUT2D eigenvalue weighted by Crippen LogP contribution is 2.26. The van der Waals surface area contributed by atoms with Gasteiger partial charge in [-0.1, -0.05) is 30.3 Å². The van der Waals surface area contributed by atoms with Crippen LogP contribution < -0.4 is 0 Å². The van der Waals surface area contributed by atoms with E-state index in [9.17, 15) is 4.79 Å². The Kier molecular flexibility index (Phi) is 3.11. The number of carbonyl (C=O) groups is 1. The first-order valence-corrected chi connectivity index (χ1v) is 5.91. The maximum absolute atomic E-state index is 11.8. The van der Waals surface area contributed by atoms with Crippen molar-refractivity contribution in [2.75, 3.05) is 19.3 Å². The van der Waals surface area contributed by atoms with Crippen LogP contribution in [0.1, 0.15) is 10.4 Å². The summed E-state index contributed by atoms with van der Waals surface area (Å²) in [4.78, 5) is 13.9. The first kappa shape index (κ1) is 10.3. The van der Waals surface area contributed by atoms with Crippen molar-refractivity contribution in [3.05, 3.63) is 47.0 Å². The minimum Gasteiger partial charge on any atom is -0.368 e. The van der Waals surface area contributed by atoms with Crippen LogP contribution in [0.5, 0.6) is 0 Å². The summed E-state index contributed by atoms with van der Waals surface area (Å²) in [6.45, 7) is 1.03. The second kappa shape index (κ2) is 4.53. The number of hydrogen-bond donors (Lipinski definition) is 0. The van der Waals surface area contributed by atoms with Crippen LogP contribution in [0.25, 0.3) is 0 Å². The molecule has 0 spiro atoms. The van der Waals surface area contributed by atoms with Gasteiger partial charge < -0.3 is 4.90 Å². The summed E-state index contributed by atoms with van der Waals surface area (Å²) in [7, 11) is 2.02. The summed E-state index contributed by atoms with van der Waals surface area (Å²) >= 11 is 1.74. The molecule has 0 N–H and O–H groups in total. The molecule has 2 nitrogen and oxygen atoms in total. The monoisotopic (exact) mass is 219 g/mol. The van der Waals surface area contributed by atoms with E-state index in [1.165, 1.54) is 0 Å². The van der Waals surface area contributed by atoms with Crippen molar-refractivity contribution in [3.63, 3.8) is 0 Å². The fourth-order valence-electron chi connectivity index (χ4n) is 1.46. The summed E-state index contributed by atoms with van der Waals surface area (Å²) in [6, 6.07) is 9.38. The molecule has 1 saturated heterocycles. The number of thioether (sulfide) groups is 1. The van der Waals surface area contributed by atoms with Gasteiger partial charge in [-0.25, -0.2) is 0 Å². The SMILES string of the molecule is CN1CCSC1=CC(=O)c1ccccc1. The standard InChI is InChI=1S/C12H13NOS/c1-13-7-8-15-12(13)9-11(14)10-5-3-2-4-6-10/h2-6,9H,7-8H2,1H3. The molecule has 0 bridgehead atoms. The van der Waals surface area contributed by atoms with Crippen LogP contribution in [0.4, 0.5) is 0 Å². The average molecular weight is 219 g/mol. The second-order valence-electron chi connectivity index (χ2n) is 3.48. The molecule has 1 aliphatic heterocycles. The van der Waals surface area contributed by atoms with Crippen LogP contribution in [0.3, 0.4) is 0 Å². The summed E-state index contributed by atoms with van der Waals surface area (Å²) in [5.41, 5.74) is 0.755. The van der Waals surface area contributed by atoms with Crippen LogP contribution in [0, 0.1) is 0 Å². The molecule has 15 heavy (non-hydrogen) atoms. The Labute approximate surface area is 94.0 Å². The first-order chi connectivity index (χ1) is 7.27. The van der Waals surface area contributed by atoms with Crippen molar-refractivity contribution < 1.29 is 4.79 Å². The maximum atomic E-state index is 11.8. The number of hydrogen-bond acceptors (Lipinski definition) is 3. The predicted octanol–water partition coefficient (Wildman–Crippen LogP) is 2.39. The number of nitrogens with zero attached hydrogens (tertiary/aromatic N) is 1. The molecule has 0 aliphatic carbocycles. The van der Waals surface area contributed by atoms with Gasteiger partial charge in [0.1, 0.15) is 0 Å². The van der Waals surface area contributed by atoms with Crippen molar-refractivity contribution >= 4 is 17.5 Å². The van der Waals surface area contributed by atoms with E-state index in [1.54, 1.807) is 17.8 Å². The molecule has 1 heterocycles. The number of allylic oxidation sites excluding steroid dienone is 1. The van der Waals surface area contributed by atoms with Crippen LogP contribution in [0.15, 0.2) is 41.4 Å². The Bertz CT molecular complexity index is 386. The zero-order valence-electron chi connectivity index (χ0n) is 8.64. The molecule has 1 fully saturated rings. The molecular weight excluding hydrogens is 206 g/mol. The Morgan fingerprint density at radius 1 is 1.40 bits per heavy atom. The van der Waals surface area contributed by atoms with Gasteiger partial charge in [0, 0.05) is 31.0 Å². The van der Waals surface area contributed by atoms with Gasteiger partial charge >= 0.3 is 0 Å². The van der Waals surface area contributed by atoms with Gasteiger partial charge in [-0.15, -0.1) is 11.8 Å². The lowest BCUT2D eigenvalue weighted by molar-refractivity contribution is 0.104. The van der Waals surface area contributed by atoms with E-state index >= 15 is 0 Å². The average Bonchev–Trinajstić information content (AvgIpc) is 2.66. The lowest BCUT2D eigenvalue weighted by atomic mass is 10.1. The summed E-state index contributed by atoms with van der Waals surface area (Å²) in [6.07, 6.45) is 1.73. The zero-order valence-corrected chi connectivity index (χ0v) is 9.46. The summed E-state index contributed by atoms with van der Waals surface area (Å²) in [5.74, 6) is 1.16. The van der Waals surface area contributed by atoms with Crippen LogP contribution in [0.2, 0.25) is 0 Å². The first-order valence-electron chi connectivity index (χ1n) is 4.92. The van der Waals surface area contributed by atoms with E-state index in [-0.39, 0.29) is 5.78 Å². The third-order valence-corrected chi connectivity index (χ3v) is 3.48. The van der Waals surface area contributed by atoms with Gasteiger partial charge in [0.15, 0.2) is 5.78 Å². The Morgan fingerprint density at radius 3 is 2.73 bits per heavy atom. The van der Waals surface area contributed by atoms with Crippen molar-refractivity contribution in [3.8, 4) is 0 Å². The van der Waals surface area contributed by atoms with E-state index in [2.05, 4.69) is 4.90 Å². The summed E-state index contributed by atoms with van der Waals surface area (Å²) < 4.78 is 0. The molecule has 0 amide bonds. The molecule has 0 atom stereocenters.